The number of anilines is 1. The van der Waals surface area contributed by atoms with Crippen LogP contribution in [-0.4, -0.2) is 24.0 Å². The number of pyridine rings is 1. The minimum Gasteiger partial charge on any atom is -0.384 e. The zero-order chi connectivity index (χ0) is 13.6. The fourth-order valence-corrected chi connectivity index (χ4v) is 1.37. The van der Waals surface area contributed by atoms with Gasteiger partial charge in [0, 0.05) is 13.1 Å². The van der Waals surface area contributed by atoms with Gasteiger partial charge in [0.2, 0.25) is 0 Å². The average molecular weight is 249 g/mol. The molecule has 1 aromatic rings. The molecule has 1 aromatic heterocycles. The lowest BCUT2D eigenvalue weighted by Crippen LogP contribution is -2.34. The van der Waals surface area contributed by atoms with Crippen molar-refractivity contribution in [3.63, 3.8) is 0 Å². The Morgan fingerprint density at radius 1 is 1.33 bits per heavy atom. The molecule has 4 heteroatoms. The molecule has 0 saturated heterocycles. The molecule has 1 amide bonds. The molecule has 4 nitrogen and oxygen atoms in total. The normalized spacial score (nSPS) is 11.1. The van der Waals surface area contributed by atoms with Crippen LogP contribution in [0.15, 0.2) is 18.3 Å². The van der Waals surface area contributed by atoms with E-state index in [0.717, 1.165) is 18.7 Å². The Labute approximate surface area is 109 Å². The van der Waals surface area contributed by atoms with Crippen LogP contribution in [0.2, 0.25) is 0 Å². The van der Waals surface area contributed by atoms with Crippen LogP contribution in [0.4, 0.5) is 5.69 Å². The molecular weight excluding hydrogens is 226 g/mol. The smallest absolute Gasteiger partial charge is 0.269 e. The zero-order valence-corrected chi connectivity index (χ0v) is 11.7. The predicted molar refractivity (Wildman–Crippen MR) is 74.8 cm³/mol. The molecule has 0 aliphatic carbocycles. The van der Waals surface area contributed by atoms with E-state index in [9.17, 15) is 4.79 Å². The van der Waals surface area contributed by atoms with Gasteiger partial charge in [-0.2, -0.15) is 0 Å². The highest BCUT2D eigenvalue weighted by Crippen LogP contribution is 2.17. The molecule has 0 unspecified atom stereocenters. The molecule has 0 bridgehead atoms. The number of hydrogen-bond acceptors (Lipinski definition) is 3. The van der Waals surface area contributed by atoms with Crippen LogP contribution in [0, 0.1) is 5.41 Å². The van der Waals surface area contributed by atoms with Crippen molar-refractivity contribution in [1.82, 2.24) is 10.3 Å². The number of rotatable bonds is 6. The van der Waals surface area contributed by atoms with Crippen molar-refractivity contribution in [3.05, 3.63) is 24.0 Å². The van der Waals surface area contributed by atoms with E-state index in [1.807, 2.05) is 13.0 Å². The Bertz CT molecular complexity index is 385. The highest BCUT2D eigenvalue weighted by molar-refractivity contribution is 5.92. The first-order chi connectivity index (χ1) is 8.48. The van der Waals surface area contributed by atoms with E-state index in [1.54, 1.807) is 12.3 Å². The van der Waals surface area contributed by atoms with E-state index in [1.165, 1.54) is 0 Å². The summed E-state index contributed by atoms with van der Waals surface area (Å²) in [7, 11) is 0. The highest BCUT2D eigenvalue weighted by atomic mass is 16.1. The zero-order valence-electron chi connectivity index (χ0n) is 11.7. The van der Waals surface area contributed by atoms with Crippen molar-refractivity contribution in [2.75, 3.05) is 18.4 Å². The van der Waals surface area contributed by atoms with Gasteiger partial charge < -0.3 is 10.6 Å². The van der Waals surface area contributed by atoms with Gasteiger partial charge in [0.1, 0.15) is 5.69 Å². The first kappa shape index (κ1) is 14.5. The second-order valence-electron chi connectivity index (χ2n) is 5.16. The van der Waals surface area contributed by atoms with Gasteiger partial charge in [0.05, 0.1) is 11.9 Å². The quantitative estimate of drug-likeness (QED) is 0.815. The SMILES string of the molecule is CCNc1ccc(C(=O)NCC(C)(C)CC)nc1. The maximum Gasteiger partial charge on any atom is 0.269 e. The lowest BCUT2D eigenvalue weighted by molar-refractivity contribution is 0.0931. The lowest BCUT2D eigenvalue weighted by Gasteiger charge is -2.22. The first-order valence-electron chi connectivity index (χ1n) is 6.46. The lowest BCUT2D eigenvalue weighted by atomic mass is 9.90. The largest absolute Gasteiger partial charge is 0.384 e. The van der Waals surface area contributed by atoms with E-state index in [4.69, 9.17) is 0 Å². The molecule has 100 valence electrons. The van der Waals surface area contributed by atoms with Gasteiger partial charge in [-0.25, -0.2) is 4.98 Å². The molecule has 0 aromatic carbocycles. The first-order valence-corrected chi connectivity index (χ1v) is 6.46. The maximum atomic E-state index is 11.9. The van der Waals surface area contributed by atoms with Gasteiger partial charge in [-0.05, 0) is 30.9 Å². The van der Waals surface area contributed by atoms with Crippen molar-refractivity contribution in [2.45, 2.75) is 34.1 Å². The van der Waals surface area contributed by atoms with Crippen LogP contribution in [-0.2, 0) is 0 Å². The van der Waals surface area contributed by atoms with Crippen LogP contribution in [0.3, 0.4) is 0 Å². The number of carbonyl (C=O) groups is 1. The maximum absolute atomic E-state index is 11.9. The molecule has 0 saturated carbocycles. The fourth-order valence-electron chi connectivity index (χ4n) is 1.37. The number of amides is 1. The summed E-state index contributed by atoms with van der Waals surface area (Å²) in [5.74, 6) is -0.112. The van der Waals surface area contributed by atoms with E-state index >= 15 is 0 Å². The second-order valence-corrected chi connectivity index (χ2v) is 5.16. The van der Waals surface area contributed by atoms with E-state index in [0.29, 0.717) is 12.2 Å². The van der Waals surface area contributed by atoms with Crippen LogP contribution in [0.25, 0.3) is 0 Å². The summed E-state index contributed by atoms with van der Waals surface area (Å²) >= 11 is 0. The Morgan fingerprint density at radius 3 is 2.56 bits per heavy atom. The fraction of sp³-hybridized carbons (Fsp3) is 0.571. The summed E-state index contributed by atoms with van der Waals surface area (Å²) in [6.07, 6.45) is 2.71. The summed E-state index contributed by atoms with van der Waals surface area (Å²) in [6, 6.07) is 3.61. The van der Waals surface area contributed by atoms with E-state index < -0.39 is 0 Å². The van der Waals surface area contributed by atoms with Gasteiger partial charge in [0.15, 0.2) is 0 Å². The molecular formula is C14H23N3O. The number of nitrogens with one attached hydrogen (secondary N) is 2. The van der Waals surface area contributed by atoms with E-state index in [-0.39, 0.29) is 11.3 Å². The van der Waals surface area contributed by atoms with Gasteiger partial charge in [-0.3, -0.25) is 4.79 Å². The molecule has 1 rings (SSSR count). The average Bonchev–Trinajstić information content (AvgIpc) is 2.37. The number of hydrogen-bond donors (Lipinski definition) is 2. The van der Waals surface area contributed by atoms with Crippen molar-refractivity contribution in [1.29, 1.82) is 0 Å². The molecule has 0 radical (unpaired) electrons. The monoisotopic (exact) mass is 249 g/mol. The Kier molecular flexibility index (Phi) is 5.13. The molecule has 0 aliphatic rings. The Balaban J connectivity index is 2.56. The molecule has 1 heterocycles. The molecule has 18 heavy (non-hydrogen) atoms. The van der Waals surface area contributed by atoms with Crippen LogP contribution in [0.5, 0.6) is 0 Å². The van der Waals surface area contributed by atoms with Gasteiger partial charge in [-0.1, -0.05) is 20.8 Å². The number of aromatic nitrogens is 1. The van der Waals surface area contributed by atoms with Gasteiger partial charge >= 0.3 is 0 Å². The van der Waals surface area contributed by atoms with E-state index in [2.05, 4.69) is 36.4 Å². The van der Waals surface area contributed by atoms with Gasteiger partial charge in [0.25, 0.3) is 5.91 Å². The summed E-state index contributed by atoms with van der Waals surface area (Å²) in [5.41, 5.74) is 1.52. The number of nitrogens with zero attached hydrogens (tertiary/aromatic N) is 1. The van der Waals surface area contributed by atoms with Crippen molar-refractivity contribution >= 4 is 11.6 Å². The second kappa shape index (κ2) is 6.38. The molecule has 2 N–H and O–H groups in total. The van der Waals surface area contributed by atoms with Crippen LogP contribution < -0.4 is 10.6 Å². The summed E-state index contributed by atoms with van der Waals surface area (Å²) < 4.78 is 0. The van der Waals surface area contributed by atoms with Crippen molar-refractivity contribution in [3.8, 4) is 0 Å². The Hall–Kier alpha value is -1.58. The predicted octanol–water partition coefficient (Wildman–Crippen LogP) is 2.68. The summed E-state index contributed by atoms with van der Waals surface area (Å²) in [6.45, 7) is 9.92. The third-order valence-electron chi connectivity index (χ3n) is 3.06. The minimum absolute atomic E-state index is 0.112. The summed E-state index contributed by atoms with van der Waals surface area (Å²) in [5, 5.41) is 6.06. The molecule has 0 spiro atoms. The highest BCUT2D eigenvalue weighted by Gasteiger charge is 2.17. The molecule has 0 atom stereocenters. The number of carbonyl (C=O) groups excluding carboxylic acids is 1. The Morgan fingerprint density at radius 2 is 2.06 bits per heavy atom. The van der Waals surface area contributed by atoms with Crippen LogP contribution >= 0.6 is 0 Å². The topological polar surface area (TPSA) is 54.0 Å². The van der Waals surface area contributed by atoms with Crippen molar-refractivity contribution in [2.24, 2.45) is 5.41 Å². The standard InChI is InChI=1S/C14H23N3O/c1-5-14(3,4)10-17-13(18)12-8-7-11(9-16-12)15-6-2/h7-9,15H,5-6,10H2,1-4H3,(H,17,18). The molecule has 0 aliphatic heterocycles. The third kappa shape index (κ3) is 4.35. The molecule has 0 fully saturated rings. The summed E-state index contributed by atoms with van der Waals surface area (Å²) in [4.78, 5) is 16.0. The van der Waals surface area contributed by atoms with Crippen molar-refractivity contribution < 1.29 is 4.79 Å². The minimum atomic E-state index is -0.112. The van der Waals surface area contributed by atoms with Crippen LogP contribution in [0.1, 0.15) is 44.6 Å². The van der Waals surface area contributed by atoms with Gasteiger partial charge in [-0.15, -0.1) is 0 Å². The third-order valence-corrected chi connectivity index (χ3v) is 3.06.